The third-order valence-corrected chi connectivity index (χ3v) is 4.83. The van der Waals surface area contributed by atoms with E-state index in [1.165, 1.54) is 5.56 Å². The summed E-state index contributed by atoms with van der Waals surface area (Å²) < 4.78 is 11.2. The molecule has 120 valence electrons. The first-order valence-electron chi connectivity index (χ1n) is 8.13. The highest BCUT2D eigenvalue weighted by Gasteiger charge is 2.42. The van der Waals surface area contributed by atoms with Crippen molar-refractivity contribution < 1.29 is 14.3 Å². The van der Waals surface area contributed by atoms with Crippen molar-refractivity contribution in [2.75, 3.05) is 26.9 Å². The lowest BCUT2D eigenvalue weighted by Gasteiger charge is -2.37. The van der Waals surface area contributed by atoms with E-state index >= 15 is 0 Å². The Kier molecular flexibility index (Phi) is 4.79. The molecule has 3 rings (SSSR count). The molecule has 1 aromatic carbocycles. The van der Waals surface area contributed by atoms with Crippen molar-refractivity contribution in [2.24, 2.45) is 5.92 Å². The number of amides is 1. The molecule has 1 saturated heterocycles. The number of aryl methyl sites for hydroxylation is 1. The maximum atomic E-state index is 12.7. The highest BCUT2D eigenvalue weighted by Crippen LogP contribution is 2.34. The molecule has 1 aliphatic carbocycles. The van der Waals surface area contributed by atoms with Crippen LogP contribution in [0.25, 0.3) is 0 Å². The topological polar surface area (TPSA) is 38.8 Å². The molecule has 3 atom stereocenters. The van der Waals surface area contributed by atoms with Gasteiger partial charge in [0.15, 0.2) is 0 Å². The maximum Gasteiger partial charge on any atom is 0.227 e. The molecule has 1 amide bonds. The monoisotopic (exact) mass is 303 g/mol. The number of hydrogen-bond acceptors (Lipinski definition) is 3. The molecule has 0 aromatic heterocycles. The first-order valence-corrected chi connectivity index (χ1v) is 8.13. The number of methoxy groups -OCH3 is 1. The van der Waals surface area contributed by atoms with Crippen molar-refractivity contribution >= 4 is 5.91 Å². The Hall–Kier alpha value is -1.39. The highest BCUT2D eigenvalue weighted by atomic mass is 16.5. The van der Waals surface area contributed by atoms with E-state index in [1.54, 1.807) is 7.11 Å². The average Bonchev–Trinajstić information content (AvgIpc) is 2.92. The van der Waals surface area contributed by atoms with E-state index in [0.717, 1.165) is 25.0 Å². The van der Waals surface area contributed by atoms with Crippen molar-refractivity contribution in [3.05, 3.63) is 35.4 Å². The van der Waals surface area contributed by atoms with Gasteiger partial charge < -0.3 is 14.4 Å². The van der Waals surface area contributed by atoms with Crippen molar-refractivity contribution in [1.29, 1.82) is 0 Å². The molecule has 2 fully saturated rings. The van der Waals surface area contributed by atoms with Crippen LogP contribution in [0.15, 0.2) is 24.3 Å². The lowest BCUT2D eigenvalue weighted by atomic mass is 10.1. The van der Waals surface area contributed by atoms with Gasteiger partial charge in [0.1, 0.15) is 0 Å². The van der Waals surface area contributed by atoms with Crippen LogP contribution >= 0.6 is 0 Å². The van der Waals surface area contributed by atoms with E-state index in [2.05, 4.69) is 19.1 Å². The number of nitrogens with zero attached hydrogens (tertiary/aromatic N) is 1. The fourth-order valence-electron chi connectivity index (χ4n) is 3.71. The number of carbonyl (C=O) groups is 1. The fraction of sp³-hybridized carbons (Fsp3) is 0.611. The molecule has 1 aromatic rings. The van der Waals surface area contributed by atoms with Crippen molar-refractivity contribution in [3.63, 3.8) is 0 Å². The van der Waals surface area contributed by atoms with Crippen molar-refractivity contribution in [2.45, 2.75) is 38.3 Å². The molecule has 2 aliphatic rings. The van der Waals surface area contributed by atoms with Crippen LogP contribution in [0.5, 0.6) is 0 Å². The van der Waals surface area contributed by atoms with Gasteiger partial charge >= 0.3 is 0 Å². The Morgan fingerprint density at radius 2 is 2.09 bits per heavy atom. The van der Waals surface area contributed by atoms with Gasteiger partial charge in [-0.15, -0.1) is 0 Å². The van der Waals surface area contributed by atoms with E-state index < -0.39 is 0 Å². The van der Waals surface area contributed by atoms with Gasteiger partial charge in [-0.05, 0) is 31.2 Å². The molecule has 4 nitrogen and oxygen atoms in total. The normalized spacial score (nSPS) is 27.7. The standard InChI is InChI=1S/C18H25NO3/c1-13-3-5-14(6-4-13)11-18(20)19-7-8-22-17-10-15(12-21-2)9-16(17)19/h3-6,15-17H,7-12H2,1-2H3/t15-,16-,17+/m0/s1. The minimum atomic E-state index is 0.191. The van der Waals surface area contributed by atoms with E-state index in [9.17, 15) is 4.79 Å². The average molecular weight is 303 g/mol. The van der Waals surface area contributed by atoms with Crippen LogP contribution in [0, 0.1) is 12.8 Å². The number of ether oxygens (including phenoxy) is 2. The van der Waals surface area contributed by atoms with Crippen LogP contribution in [-0.2, 0) is 20.7 Å². The quantitative estimate of drug-likeness (QED) is 0.856. The Labute approximate surface area is 132 Å². The zero-order chi connectivity index (χ0) is 15.5. The smallest absolute Gasteiger partial charge is 0.227 e. The second kappa shape index (κ2) is 6.80. The summed E-state index contributed by atoms with van der Waals surface area (Å²) in [6.45, 7) is 4.19. The summed E-state index contributed by atoms with van der Waals surface area (Å²) in [5, 5.41) is 0. The van der Waals surface area contributed by atoms with Gasteiger partial charge in [-0.1, -0.05) is 29.8 Å². The van der Waals surface area contributed by atoms with Gasteiger partial charge in [-0.3, -0.25) is 4.79 Å². The summed E-state index contributed by atoms with van der Waals surface area (Å²) >= 11 is 0. The summed E-state index contributed by atoms with van der Waals surface area (Å²) in [6, 6.07) is 8.46. The lowest BCUT2D eigenvalue weighted by Crippen LogP contribution is -2.51. The van der Waals surface area contributed by atoms with Crippen LogP contribution in [-0.4, -0.2) is 49.8 Å². The maximum absolute atomic E-state index is 12.7. The number of fused-ring (bicyclic) bond motifs is 1. The van der Waals surface area contributed by atoms with E-state index in [-0.39, 0.29) is 18.1 Å². The Morgan fingerprint density at radius 1 is 1.32 bits per heavy atom. The molecule has 4 heteroatoms. The molecular formula is C18H25NO3. The van der Waals surface area contributed by atoms with E-state index in [4.69, 9.17) is 9.47 Å². The Morgan fingerprint density at radius 3 is 2.82 bits per heavy atom. The van der Waals surface area contributed by atoms with Gasteiger partial charge in [0.2, 0.25) is 5.91 Å². The fourth-order valence-corrected chi connectivity index (χ4v) is 3.71. The van der Waals surface area contributed by atoms with Gasteiger partial charge in [-0.2, -0.15) is 0 Å². The first kappa shape index (κ1) is 15.5. The molecule has 0 unspecified atom stereocenters. The highest BCUT2D eigenvalue weighted by molar-refractivity contribution is 5.79. The van der Waals surface area contributed by atoms with Crippen molar-refractivity contribution in [3.8, 4) is 0 Å². The van der Waals surface area contributed by atoms with Crippen LogP contribution in [0.2, 0.25) is 0 Å². The van der Waals surface area contributed by atoms with Crippen LogP contribution in [0.4, 0.5) is 0 Å². The SMILES string of the molecule is COC[C@@H]1C[C@H]2OCCN(C(=O)Cc3ccc(C)cc3)[C@H]2C1. The Bertz CT molecular complexity index is 514. The second-order valence-electron chi connectivity index (χ2n) is 6.52. The molecule has 0 spiro atoms. The van der Waals surface area contributed by atoms with Gasteiger partial charge in [0, 0.05) is 20.3 Å². The van der Waals surface area contributed by atoms with Gasteiger partial charge in [0.25, 0.3) is 0 Å². The number of carbonyl (C=O) groups excluding carboxylic acids is 1. The van der Waals surface area contributed by atoms with Crippen molar-refractivity contribution in [1.82, 2.24) is 4.90 Å². The summed E-state index contributed by atoms with van der Waals surface area (Å²) in [6.07, 6.45) is 2.68. The lowest BCUT2D eigenvalue weighted by molar-refractivity contribution is -0.143. The number of rotatable bonds is 4. The summed E-state index contributed by atoms with van der Waals surface area (Å²) in [4.78, 5) is 14.7. The molecular weight excluding hydrogens is 278 g/mol. The third kappa shape index (κ3) is 3.33. The van der Waals surface area contributed by atoms with Gasteiger partial charge in [0.05, 0.1) is 25.2 Å². The first-order chi connectivity index (χ1) is 10.7. The predicted molar refractivity (Wildman–Crippen MR) is 84.7 cm³/mol. The largest absolute Gasteiger partial charge is 0.384 e. The van der Waals surface area contributed by atoms with E-state index in [0.29, 0.717) is 25.5 Å². The summed E-state index contributed by atoms with van der Waals surface area (Å²) in [7, 11) is 1.74. The molecule has 0 bridgehead atoms. The molecule has 1 aliphatic heterocycles. The molecule has 0 N–H and O–H groups in total. The summed E-state index contributed by atoms with van der Waals surface area (Å²) in [5.41, 5.74) is 2.31. The van der Waals surface area contributed by atoms with E-state index in [1.807, 2.05) is 17.0 Å². The molecule has 1 saturated carbocycles. The van der Waals surface area contributed by atoms with Crippen LogP contribution in [0.3, 0.4) is 0 Å². The second-order valence-corrected chi connectivity index (χ2v) is 6.52. The minimum Gasteiger partial charge on any atom is -0.384 e. The van der Waals surface area contributed by atoms with Crippen LogP contribution in [0.1, 0.15) is 24.0 Å². The zero-order valence-electron chi connectivity index (χ0n) is 13.5. The third-order valence-electron chi connectivity index (χ3n) is 4.83. The molecule has 22 heavy (non-hydrogen) atoms. The Balaban J connectivity index is 1.65. The van der Waals surface area contributed by atoms with Gasteiger partial charge in [-0.25, -0.2) is 0 Å². The number of hydrogen-bond donors (Lipinski definition) is 0. The zero-order valence-corrected chi connectivity index (χ0v) is 13.5. The molecule has 1 heterocycles. The number of benzene rings is 1. The predicted octanol–water partition coefficient (Wildman–Crippen LogP) is 2.19. The minimum absolute atomic E-state index is 0.191. The number of morpholine rings is 1. The van der Waals surface area contributed by atoms with Crippen LogP contribution < -0.4 is 0 Å². The summed E-state index contributed by atoms with van der Waals surface area (Å²) in [5.74, 6) is 0.730. The molecule has 0 radical (unpaired) electrons.